The zero-order chi connectivity index (χ0) is 23.8. The highest BCUT2D eigenvalue weighted by Gasteiger charge is 2.43. The Morgan fingerprint density at radius 3 is 2.42 bits per heavy atom. The smallest absolute Gasteiger partial charge is 0.314 e. The number of thioether (sulfide) groups is 1. The summed E-state index contributed by atoms with van der Waals surface area (Å²) >= 11 is 1.04. The molecule has 2 saturated heterocycles. The maximum Gasteiger partial charge on any atom is 0.314 e. The molecule has 3 rings (SSSR count). The summed E-state index contributed by atoms with van der Waals surface area (Å²) in [5.74, 6) is -0.485. The Labute approximate surface area is 201 Å². The Balaban J connectivity index is 1.71. The molecule has 3 unspecified atom stereocenters. The average molecular weight is 477 g/mol. The predicted octanol–water partition coefficient (Wildman–Crippen LogP) is 4.35. The van der Waals surface area contributed by atoms with E-state index in [-0.39, 0.29) is 23.2 Å². The van der Waals surface area contributed by atoms with Gasteiger partial charge in [0.2, 0.25) is 5.91 Å². The second-order valence-electron chi connectivity index (χ2n) is 9.01. The number of esters is 1. The van der Waals surface area contributed by atoms with Gasteiger partial charge in [-0.25, -0.2) is 0 Å². The van der Waals surface area contributed by atoms with E-state index in [0.29, 0.717) is 24.6 Å². The minimum atomic E-state index is -0.541. The van der Waals surface area contributed by atoms with Crippen LogP contribution in [-0.2, 0) is 14.3 Å². The number of hydrogen-bond donors (Lipinski definition) is 0. The van der Waals surface area contributed by atoms with Gasteiger partial charge in [-0.3, -0.25) is 24.2 Å². The van der Waals surface area contributed by atoms with Crippen molar-refractivity contribution in [2.24, 2.45) is 5.92 Å². The maximum absolute atomic E-state index is 13.2. The van der Waals surface area contributed by atoms with Crippen molar-refractivity contribution in [3.05, 3.63) is 30.3 Å². The van der Waals surface area contributed by atoms with Crippen molar-refractivity contribution in [3.63, 3.8) is 0 Å². The third-order valence-electron chi connectivity index (χ3n) is 6.29. The van der Waals surface area contributed by atoms with Crippen molar-refractivity contribution in [1.82, 2.24) is 9.80 Å². The first kappa shape index (κ1) is 25.7. The molecule has 0 aliphatic carbocycles. The predicted molar refractivity (Wildman–Crippen MR) is 129 cm³/mol. The molecule has 7 nitrogen and oxygen atoms in total. The molecule has 1 aromatic carbocycles. The molecule has 33 heavy (non-hydrogen) atoms. The second-order valence-corrected chi connectivity index (χ2v) is 10.2. The molecule has 0 radical (unpaired) electrons. The number of carbonyl (C=O) groups excluding carboxylic acids is 3. The molecule has 0 aromatic heterocycles. The highest BCUT2D eigenvalue weighted by molar-refractivity contribution is 8.15. The molecule has 3 atom stereocenters. The van der Waals surface area contributed by atoms with Crippen molar-refractivity contribution in [2.45, 2.75) is 70.2 Å². The van der Waals surface area contributed by atoms with E-state index in [1.54, 1.807) is 12.1 Å². The van der Waals surface area contributed by atoms with Gasteiger partial charge in [-0.15, -0.1) is 0 Å². The summed E-state index contributed by atoms with van der Waals surface area (Å²) in [6.07, 6.45) is 3.89. The van der Waals surface area contributed by atoms with Gasteiger partial charge < -0.3 is 9.47 Å². The van der Waals surface area contributed by atoms with Crippen LogP contribution in [0.25, 0.3) is 0 Å². The fourth-order valence-electron chi connectivity index (χ4n) is 4.55. The van der Waals surface area contributed by atoms with E-state index in [0.717, 1.165) is 57.3 Å². The zero-order valence-electron chi connectivity index (χ0n) is 19.9. The fraction of sp³-hybridized carbons (Fsp3) is 0.640. The van der Waals surface area contributed by atoms with Gasteiger partial charge in [0.15, 0.2) is 0 Å². The maximum atomic E-state index is 13.2. The molecule has 0 bridgehead atoms. The van der Waals surface area contributed by atoms with E-state index in [9.17, 15) is 14.4 Å². The highest BCUT2D eigenvalue weighted by atomic mass is 32.2. The molecular formula is C25H36N2O5S. The summed E-state index contributed by atoms with van der Waals surface area (Å²) in [5, 5.41) is -0.770. The fourth-order valence-corrected chi connectivity index (χ4v) is 5.75. The van der Waals surface area contributed by atoms with Crippen LogP contribution in [0, 0.1) is 5.92 Å². The first-order valence-electron chi connectivity index (χ1n) is 12.0. The van der Waals surface area contributed by atoms with Gasteiger partial charge in [0.1, 0.15) is 5.75 Å². The average Bonchev–Trinajstić information content (AvgIpc) is 3.09. The Hall–Kier alpha value is -1.90. The molecule has 0 N–H and O–H groups in total. The quantitative estimate of drug-likeness (QED) is 0.347. The summed E-state index contributed by atoms with van der Waals surface area (Å²) < 4.78 is 11.2. The minimum absolute atomic E-state index is 0.188. The van der Waals surface area contributed by atoms with Crippen molar-refractivity contribution in [3.8, 4) is 5.75 Å². The Morgan fingerprint density at radius 2 is 1.82 bits per heavy atom. The molecule has 2 heterocycles. The van der Waals surface area contributed by atoms with Gasteiger partial charge in [-0.05, 0) is 51.7 Å². The summed E-state index contributed by atoms with van der Waals surface area (Å²) in [5.41, 5.74) is 0. The van der Waals surface area contributed by atoms with E-state index in [4.69, 9.17) is 9.47 Å². The number of nitrogens with zero attached hydrogens (tertiary/aromatic N) is 2. The number of ether oxygens (including phenoxy) is 2. The third kappa shape index (κ3) is 7.04. The highest BCUT2D eigenvalue weighted by Crippen LogP contribution is 2.35. The molecule has 2 amide bonds. The summed E-state index contributed by atoms with van der Waals surface area (Å²) in [6, 6.07) is 9.20. The lowest BCUT2D eigenvalue weighted by Gasteiger charge is -2.35. The Bertz CT molecular complexity index is 797. The second kappa shape index (κ2) is 12.5. The number of benzene rings is 1. The molecule has 182 valence electrons. The van der Waals surface area contributed by atoms with Crippen molar-refractivity contribution in [2.75, 3.05) is 26.3 Å². The summed E-state index contributed by atoms with van der Waals surface area (Å²) in [7, 11) is 0. The lowest BCUT2D eigenvalue weighted by molar-refractivity contribution is -0.139. The Morgan fingerprint density at radius 1 is 1.12 bits per heavy atom. The normalized spacial score (nSPS) is 21.5. The number of para-hydroxylation sites is 1. The van der Waals surface area contributed by atoms with Crippen LogP contribution < -0.4 is 4.74 Å². The standard InChI is InChI=1S/C25H36N2O5S/c1-4-8-20(26-13-15-31-16-14-26)12-11-19(24(29)32-21-9-6-5-7-10-21)17-22-23(28)27(18(2)3)25(30)33-22/h5-7,9-10,18-20,22H,4,8,11-17H2,1-3H3. The molecule has 2 fully saturated rings. The molecule has 0 saturated carbocycles. The van der Waals surface area contributed by atoms with Crippen LogP contribution in [-0.4, -0.2) is 70.6 Å². The topological polar surface area (TPSA) is 76.2 Å². The molecule has 8 heteroatoms. The number of amides is 2. The molecule has 1 aromatic rings. The molecule has 0 spiro atoms. The van der Waals surface area contributed by atoms with Gasteiger partial charge in [-0.2, -0.15) is 0 Å². The first-order chi connectivity index (χ1) is 15.9. The number of rotatable bonds is 11. The minimum Gasteiger partial charge on any atom is -0.426 e. The number of morpholine rings is 1. The Kier molecular flexibility index (Phi) is 9.77. The van der Waals surface area contributed by atoms with E-state index in [1.807, 2.05) is 32.0 Å². The zero-order valence-corrected chi connectivity index (χ0v) is 20.7. The SMILES string of the molecule is CCCC(CCC(CC1SC(=O)N(C(C)C)C1=O)C(=O)Oc1ccccc1)N1CCOCC1. The van der Waals surface area contributed by atoms with Crippen molar-refractivity contribution < 1.29 is 23.9 Å². The van der Waals surface area contributed by atoms with Gasteiger partial charge >= 0.3 is 5.97 Å². The van der Waals surface area contributed by atoms with E-state index < -0.39 is 11.2 Å². The lowest BCUT2D eigenvalue weighted by atomic mass is 9.92. The number of carbonyl (C=O) groups is 3. The molecule has 2 aliphatic rings. The van der Waals surface area contributed by atoms with Gasteiger partial charge in [-0.1, -0.05) is 43.3 Å². The first-order valence-corrected chi connectivity index (χ1v) is 12.9. The van der Waals surface area contributed by atoms with Crippen molar-refractivity contribution >= 4 is 28.9 Å². The van der Waals surface area contributed by atoms with Crippen LogP contribution in [0.1, 0.15) is 52.9 Å². The monoisotopic (exact) mass is 476 g/mol. The van der Waals surface area contributed by atoms with Gasteiger partial charge in [0.05, 0.1) is 24.4 Å². The van der Waals surface area contributed by atoms with Crippen LogP contribution in [0.4, 0.5) is 4.79 Å². The molecular weight excluding hydrogens is 440 g/mol. The third-order valence-corrected chi connectivity index (χ3v) is 7.37. The van der Waals surface area contributed by atoms with Crippen molar-refractivity contribution in [1.29, 1.82) is 0 Å². The van der Waals surface area contributed by atoms with E-state index >= 15 is 0 Å². The lowest BCUT2D eigenvalue weighted by Crippen LogP contribution is -2.44. The van der Waals surface area contributed by atoms with Crippen LogP contribution in [0.5, 0.6) is 5.75 Å². The van der Waals surface area contributed by atoms with Crippen LogP contribution in [0.2, 0.25) is 0 Å². The number of imide groups is 1. The van der Waals surface area contributed by atoms with Crippen LogP contribution >= 0.6 is 11.8 Å². The molecule has 2 aliphatic heterocycles. The largest absolute Gasteiger partial charge is 0.426 e. The number of hydrogen-bond acceptors (Lipinski definition) is 7. The van der Waals surface area contributed by atoms with E-state index in [2.05, 4.69) is 11.8 Å². The van der Waals surface area contributed by atoms with Gasteiger partial charge in [0, 0.05) is 25.2 Å². The van der Waals surface area contributed by atoms with Crippen LogP contribution in [0.3, 0.4) is 0 Å². The summed E-state index contributed by atoms with van der Waals surface area (Å²) in [6.45, 7) is 9.11. The van der Waals surface area contributed by atoms with Crippen LogP contribution in [0.15, 0.2) is 30.3 Å². The van der Waals surface area contributed by atoms with E-state index in [1.165, 1.54) is 4.90 Å². The van der Waals surface area contributed by atoms with Gasteiger partial charge in [0.25, 0.3) is 5.24 Å². The summed E-state index contributed by atoms with van der Waals surface area (Å²) in [4.78, 5) is 42.2.